The van der Waals surface area contributed by atoms with E-state index in [4.69, 9.17) is 14.3 Å². The first-order chi connectivity index (χ1) is 17.8. The molecule has 3 amide bonds. The monoisotopic (exact) mass is 568 g/mol. The number of thiazole rings is 1. The molecule has 1 aliphatic rings. The van der Waals surface area contributed by atoms with Crippen LogP contribution in [0.4, 0.5) is 9.93 Å². The normalized spacial score (nSPS) is 18.1. The largest absolute Gasteiger partial charge is 0.457 e. The SMILES string of the molecule is CC(C)NC[C@H]1NC(=O)[C@H]1NC(=O)/C(=N\OC(C)(C)C(=O)OC(C)(C)C)c1csc(NC(=O)OC(C)(C)C)n1. The van der Waals surface area contributed by atoms with Crippen molar-refractivity contribution in [2.24, 2.45) is 5.16 Å². The molecule has 1 saturated heterocycles. The van der Waals surface area contributed by atoms with E-state index >= 15 is 0 Å². The van der Waals surface area contributed by atoms with Crippen LogP contribution in [-0.4, -0.2) is 76.0 Å². The van der Waals surface area contributed by atoms with Gasteiger partial charge in [0.1, 0.15) is 22.9 Å². The highest BCUT2D eigenvalue weighted by atomic mass is 32.1. The highest BCUT2D eigenvalue weighted by Crippen LogP contribution is 2.21. The zero-order valence-corrected chi connectivity index (χ0v) is 25.0. The highest BCUT2D eigenvalue weighted by Gasteiger charge is 2.41. The second-order valence-corrected chi connectivity index (χ2v) is 12.7. The lowest BCUT2D eigenvalue weighted by molar-refractivity contribution is -0.179. The Morgan fingerprint density at radius 3 is 2.23 bits per heavy atom. The fourth-order valence-electron chi connectivity index (χ4n) is 2.98. The molecule has 0 bridgehead atoms. The first-order valence-electron chi connectivity index (χ1n) is 12.6. The molecule has 0 aromatic carbocycles. The quantitative estimate of drug-likeness (QED) is 0.143. The van der Waals surface area contributed by atoms with Crippen molar-refractivity contribution in [3.05, 3.63) is 11.1 Å². The Hall–Kier alpha value is -3.26. The van der Waals surface area contributed by atoms with E-state index in [0.29, 0.717) is 6.54 Å². The second-order valence-electron chi connectivity index (χ2n) is 11.8. The van der Waals surface area contributed by atoms with Crippen LogP contribution >= 0.6 is 11.3 Å². The van der Waals surface area contributed by atoms with E-state index in [1.54, 1.807) is 41.5 Å². The molecule has 14 heteroatoms. The van der Waals surface area contributed by atoms with Crippen molar-refractivity contribution in [1.29, 1.82) is 0 Å². The Labute approximate surface area is 232 Å². The number of esters is 1. The number of nitrogens with one attached hydrogen (secondary N) is 4. The molecule has 218 valence electrons. The van der Waals surface area contributed by atoms with Gasteiger partial charge >= 0.3 is 12.1 Å². The lowest BCUT2D eigenvalue weighted by Crippen LogP contribution is -2.72. The number of aromatic nitrogens is 1. The molecular weight excluding hydrogens is 528 g/mol. The fourth-order valence-corrected chi connectivity index (χ4v) is 3.66. The van der Waals surface area contributed by atoms with Crippen molar-refractivity contribution in [3.63, 3.8) is 0 Å². The summed E-state index contributed by atoms with van der Waals surface area (Å²) in [6, 6.07) is -0.958. The molecule has 1 aliphatic heterocycles. The molecule has 2 atom stereocenters. The van der Waals surface area contributed by atoms with Crippen LogP contribution in [0.25, 0.3) is 0 Å². The summed E-state index contributed by atoms with van der Waals surface area (Å²) < 4.78 is 10.6. The molecule has 1 fully saturated rings. The third kappa shape index (κ3) is 10.1. The summed E-state index contributed by atoms with van der Waals surface area (Å²) in [5, 5.41) is 16.7. The van der Waals surface area contributed by atoms with E-state index < -0.39 is 40.8 Å². The fraction of sp³-hybridized carbons (Fsp3) is 0.680. The average molecular weight is 569 g/mol. The van der Waals surface area contributed by atoms with E-state index in [1.807, 2.05) is 13.8 Å². The van der Waals surface area contributed by atoms with Crippen molar-refractivity contribution < 1.29 is 33.5 Å². The molecule has 1 aromatic heterocycles. The van der Waals surface area contributed by atoms with E-state index in [9.17, 15) is 19.2 Å². The van der Waals surface area contributed by atoms with Crippen LogP contribution in [-0.2, 0) is 28.7 Å². The lowest BCUT2D eigenvalue weighted by atomic mass is 9.98. The van der Waals surface area contributed by atoms with Crippen LogP contribution in [0.5, 0.6) is 0 Å². The topological polar surface area (TPSA) is 169 Å². The molecule has 4 N–H and O–H groups in total. The van der Waals surface area contributed by atoms with Crippen molar-refractivity contribution in [2.75, 3.05) is 11.9 Å². The molecular formula is C25H40N6O7S. The smallest absolute Gasteiger partial charge is 0.413 e. The Kier molecular flexibility index (Phi) is 10.1. The number of hydrogen-bond donors (Lipinski definition) is 4. The van der Waals surface area contributed by atoms with Gasteiger partial charge in [0.05, 0.1) is 6.04 Å². The Morgan fingerprint density at radius 2 is 1.69 bits per heavy atom. The van der Waals surface area contributed by atoms with Crippen LogP contribution < -0.4 is 21.3 Å². The lowest BCUT2D eigenvalue weighted by Gasteiger charge is -2.37. The summed E-state index contributed by atoms with van der Waals surface area (Å²) in [7, 11) is 0. The maximum Gasteiger partial charge on any atom is 0.413 e. The summed E-state index contributed by atoms with van der Waals surface area (Å²) in [4.78, 5) is 60.1. The third-order valence-electron chi connectivity index (χ3n) is 4.87. The van der Waals surface area contributed by atoms with Crippen molar-refractivity contribution in [1.82, 2.24) is 20.9 Å². The minimum absolute atomic E-state index is 0.0557. The van der Waals surface area contributed by atoms with Crippen LogP contribution in [0, 0.1) is 0 Å². The summed E-state index contributed by atoms with van der Waals surface area (Å²) in [5.41, 5.74) is -3.28. The van der Waals surface area contributed by atoms with Gasteiger partial charge in [0.2, 0.25) is 11.5 Å². The predicted molar refractivity (Wildman–Crippen MR) is 147 cm³/mol. The molecule has 0 spiro atoms. The van der Waals surface area contributed by atoms with Crippen molar-refractivity contribution in [2.45, 2.75) is 104 Å². The second kappa shape index (κ2) is 12.3. The van der Waals surface area contributed by atoms with Crippen LogP contribution in [0.3, 0.4) is 0 Å². The van der Waals surface area contributed by atoms with Gasteiger partial charge in [-0.3, -0.25) is 14.9 Å². The van der Waals surface area contributed by atoms with Crippen LogP contribution in [0.1, 0.15) is 74.9 Å². The minimum atomic E-state index is -1.55. The van der Waals surface area contributed by atoms with E-state index in [0.717, 1.165) is 11.3 Å². The molecule has 0 unspecified atom stereocenters. The maximum atomic E-state index is 13.3. The van der Waals surface area contributed by atoms with Gasteiger partial charge in [-0.2, -0.15) is 0 Å². The molecule has 2 rings (SSSR count). The zero-order valence-electron chi connectivity index (χ0n) is 24.2. The number of carbonyl (C=O) groups is 4. The van der Waals surface area contributed by atoms with Crippen molar-refractivity contribution >= 4 is 46.1 Å². The number of ether oxygens (including phenoxy) is 2. The number of β-lactam (4-membered cyclic amide) rings is 1. The van der Waals surface area contributed by atoms with Gasteiger partial charge in [0, 0.05) is 18.0 Å². The van der Waals surface area contributed by atoms with Gasteiger partial charge in [-0.15, -0.1) is 11.3 Å². The Bertz CT molecular complexity index is 1100. The Balaban J connectivity index is 2.29. The minimum Gasteiger partial charge on any atom is -0.457 e. The highest BCUT2D eigenvalue weighted by molar-refractivity contribution is 7.14. The van der Waals surface area contributed by atoms with Crippen LogP contribution in [0.15, 0.2) is 10.5 Å². The molecule has 2 heterocycles. The Morgan fingerprint density at radius 1 is 1.08 bits per heavy atom. The summed E-state index contributed by atoms with van der Waals surface area (Å²) in [5.74, 6) is -1.79. The number of amides is 3. The number of carbonyl (C=O) groups excluding carboxylic acids is 4. The first kappa shape index (κ1) is 32.0. The molecule has 1 aromatic rings. The van der Waals surface area contributed by atoms with Gasteiger partial charge in [-0.05, 0) is 55.4 Å². The summed E-state index contributed by atoms with van der Waals surface area (Å²) in [6.45, 7) is 17.6. The first-order valence-corrected chi connectivity index (χ1v) is 13.5. The molecule has 39 heavy (non-hydrogen) atoms. The van der Waals surface area contributed by atoms with Gasteiger partial charge in [0.25, 0.3) is 5.91 Å². The molecule has 0 saturated carbocycles. The summed E-state index contributed by atoms with van der Waals surface area (Å²) in [6.07, 6.45) is -0.722. The van der Waals surface area contributed by atoms with Gasteiger partial charge < -0.3 is 30.3 Å². The van der Waals surface area contributed by atoms with E-state index in [2.05, 4.69) is 31.4 Å². The van der Waals surface area contributed by atoms with E-state index in [-0.39, 0.29) is 34.5 Å². The van der Waals surface area contributed by atoms with Gasteiger partial charge in [0.15, 0.2) is 10.8 Å². The maximum absolute atomic E-state index is 13.3. The average Bonchev–Trinajstić information content (AvgIpc) is 3.20. The van der Waals surface area contributed by atoms with Gasteiger partial charge in [-0.1, -0.05) is 19.0 Å². The van der Waals surface area contributed by atoms with Crippen molar-refractivity contribution in [3.8, 4) is 0 Å². The van der Waals surface area contributed by atoms with E-state index in [1.165, 1.54) is 19.2 Å². The molecule has 13 nitrogen and oxygen atoms in total. The molecule has 0 aliphatic carbocycles. The number of hydrogen-bond acceptors (Lipinski definition) is 11. The van der Waals surface area contributed by atoms with Crippen LogP contribution in [0.2, 0.25) is 0 Å². The number of rotatable bonds is 10. The summed E-state index contributed by atoms with van der Waals surface area (Å²) >= 11 is 1.03. The number of oxime groups is 1. The molecule has 0 radical (unpaired) electrons. The number of nitrogens with zero attached hydrogens (tertiary/aromatic N) is 2. The predicted octanol–water partition coefficient (Wildman–Crippen LogP) is 2.31. The third-order valence-corrected chi connectivity index (χ3v) is 5.63. The standard InChI is InChI=1S/C25H40N6O7S/c1-13(2)26-11-14-16(18(32)27-14)29-19(33)17(31-38-25(9,10)20(34)36-23(3,4)5)15-12-39-21(28-15)30-22(35)37-24(6,7)8/h12-14,16,26H,11H2,1-10H3,(H,27,32)(H,29,33)(H,28,30,35)/b31-17-/t14-,16+/m1/s1. The van der Waals surface area contributed by atoms with Gasteiger partial charge in [-0.25, -0.2) is 14.6 Å². The number of anilines is 1. The zero-order chi connectivity index (χ0) is 29.8.